The van der Waals surface area contributed by atoms with Gasteiger partial charge in [-0.1, -0.05) is 26.0 Å². The van der Waals surface area contributed by atoms with Gasteiger partial charge in [-0.25, -0.2) is 0 Å². The van der Waals surface area contributed by atoms with Crippen LogP contribution in [0.4, 0.5) is 0 Å². The molecule has 4 aliphatic heterocycles. The molecule has 0 N–H and O–H groups in total. The first-order chi connectivity index (χ1) is 11.6. The number of carbonyl (C=O) groups excluding carboxylic acids is 2. The molecule has 3 fully saturated rings. The maximum atomic E-state index is 13.2. The largest absolute Gasteiger partial charge is 0.360 e. The van der Waals surface area contributed by atoms with Crippen molar-refractivity contribution in [3.8, 4) is 0 Å². The summed E-state index contributed by atoms with van der Waals surface area (Å²) in [6.07, 6.45) is 5.74. The molecule has 0 aromatic carbocycles. The number of fused-ring (bicyclic) bond motifs is 1. The number of hydrogen-bond donors (Lipinski definition) is 0. The van der Waals surface area contributed by atoms with E-state index in [2.05, 4.69) is 19.9 Å². The number of nitrogens with zero attached hydrogens (tertiary/aromatic N) is 2. The first-order valence-electron chi connectivity index (χ1n) is 9.15. The van der Waals surface area contributed by atoms with Gasteiger partial charge in [0.1, 0.15) is 5.60 Å². The molecule has 4 atom stereocenters. The number of amides is 2. The number of rotatable bonds is 4. The molecule has 3 saturated heterocycles. The fourth-order valence-corrected chi connectivity index (χ4v) is 5.75. The lowest BCUT2D eigenvalue weighted by molar-refractivity contribution is -0.143. The van der Waals surface area contributed by atoms with Crippen LogP contribution >= 0.6 is 11.8 Å². The van der Waals surface area contributed by atoms with Gasteiger partial charge in [-0.05, 0) is 12.8 Å². The summed E-state index contributed by atoms with van der Waals surface area (Å²) >= 11 is 1.89. The predicted molar refractivity (Wildman–Crippen MR) is 93.7 cm³/mol. The minimum absolute atomic E-state index is 0.122. The third-order valence-corrected chi connectivity index (χ3v) is 7.06. The molecule has 6 heteroatoms. The van der Waals surface area contributed by atoms with E-state index in [1.807, 2.05) is 27.6 Å². The molecule has 4 heterocycles. The molecule has 5 nitrogen and oxygen atoms in total. The van der Waals surface area contributed by atoms with Crippen molar-refractivity contribution in [3.63, 3.8) is 0 Å². The highest BCUT2D eigenvalue weighted by Crippen LogP contribution is 2.53. The van der Waals surface area contributed by atoms with Crippen molar-refractivity contribution in [2.24, 2.45) is 11.8 Å². The van der Waals surface area contributed by atoms with Crippen molar-refractivity contribution < 1.29 is 14.3 Å². The fourth-order valence-electron chi connectivity index (χ4n) is 4.84. The van der Waals surface area contributed by atoms with E-state index >= 15 is 0 Å². The second-order valence-corrected chi connectivity index (χ2v) is 8.50. The number of carbonyl (C=O) groups is 2. The Morgan fingerprint density at radius 3 is 2.75 bits per heavy atom. The molecular weight excluding hydrogens is 324 g/mol. The lowest BCUT2D eigenvalue weighted by Crippen LogP contribution is -2.48. The van der Waals surface area contributed by atoms with Crippen LogP contribution < -0.4 is 0 Å². The minimum Gasteiger partial charge on any atom is -0.360 e. The monoisotopic (exact) mass is 350 g/mol. The molecule has 2 bridgehead atoms. The van der Waals surface area contributed by atoms with Crippen LogP contribution in [0.1, 0.15) is 26.7 Å². The van der Waals surface area contributed by atoms with Crippen LogP contribution in [0.2, 0.25) is 0 Å². The van der Waals surface area contributed by atoms with Gasteiger partial charge in [0.25, 0.3) is 0 Å². The van der Waals surface area contributed by atoms with Crippen molar-refractivity contribution in [1.29, 1.82) is 0 Å². The molecule has 0 aromatic rings. The normalized spacial score (nSPS) is 37.6. The van der Waals surface area contributed by atoms with E-state index in [-0.39, 0.29) is 35.8 Å². The van der Waals surface area contributed by atoms with Gasteiger partial charge in [0.15, 0.2) is 0 Å². The van der Waals surface area contributed by atoms with E-state index in [1.165, 1.54) is 0 Å². The summed E-state index contributed by atoms with van der Waals surface area (Å²) < 4.78 is 6.22. The highest BCUT2D eigenvalue weighted by Gasteiger charge is 2.67. The summed E-state index contributed by atoms with van der Waals surface area (Å²) in [6.45, 7) is 6.43. The van der Waals surface area contributed by atoms with Crippen LogP contribution in [0, 0.1) is 11.8 Å². The zero-order chi connectivity index (χ0) is 16.9. The average molecular weight is 350 g/mol. The molecule has 4 rings (SSSR count). The van der Waals surface area contributed by atoms with Gasteiger partial charge < -0.3 is 14.5 Å². The Morgan fingerprint density at radius 1 is 1.38 bits per heavy atom. The molecule has 2 amide bonds. The summed E-state index contributed by atoms with van der Waals surface area (Å²) in [4.78, 5) is 30.2. The van der Waals surface area contributed by atoms with Gasteiger partial charge >= 0.3 is 0 Å². The zero-order valence-corrected chi connectivity index (χ0v) is 15.3. The number of thioether (sulfide) groups is 1. The fraction of sp³-hybridized carbons (Fsp3) is 0.778. The van der Waals surface area contributed by atoms with Crippen molar-refractivity contribution in [2.75, 3.05) is 31.1 Å². The van der Waals surface area contributed by atoms with E-state index in [4.69, 9.17) is 4.74 Å². The summed E-state index contributed by atoms with van der Waals surface area (Å²) in [7, 11) is 0. The highest BCUT2D eigenvalue weighted by molar-refractivity contribution is 7.99. The second-order valence-electron chi connectivity index (χ2n) is 7.27. The quantitative estimate of drug-likeness (QED) is 0.722. The molecule has 4 aliphatic rings. The van der Waals surface area contributed by atoms with Gasteiger partial charge in [-0.15, -0.1) is 0 Å². The molecular formula is C18H26N2O3S. The number of likely N-dealkylation sites (tertiary alicyclic amines) is 1. The van der Waals surface area contributed by atoms with Gasteiger partial charge in [0.2, 0.25) is 11.8 Å². The van der Waals surface area contributed by atoms with Crippen molar-refractivity contribution in [2.45, 2.75) is 44.4 Å². The van der Waals surface area contributed by atoms with E-state index in [1.54, 1.807) is 0 Å². The van der Waals surface area contributed by atoms with Gasteiger partial charge in [-0.2, -0.15) is 11.8 Å². The summed E-state index contributed by atoms with van der Waals surface area (Å²) in [5.41, 5.74) is -0.560. The first-order valence-corrected chi connectivity index (χ1v) is 10.3. The Hall–Kier alpha value is -1.01. The lowest BCUT2D eigenvalue weighted by atomic mass is 9.76. The minimum atomic E-state index is -0.560. The lowest BCUT2D eigenvalue weighted by Gasteiger charge is -2.32. The van der Waals surface area contributed by atoms with Crippen LogP contribution in [-0.4, -0.2) is 70.5 Å². The van der Waals surface area contributed by atoms with E-state index in [0.29, 0.717) is 6.54 Å². The third-order valence-electron chi connectivity index (χ3n) is 6.12. The SMILES string of the molecule is CCC(CC)N1C[C@]23C=C[C@H](O2)[C@@H](C(=O)N2CCSCC2)[C@H]3C1=O. The molecule has 0 unspecified atom stereocenters. The van der Waals surface area contributed by atoms with Crippen LogP contribution in [0.5, 0.6) is 0 Å². The second kappa shape index (κ2) is 6.06. The molecule has 1 spiro atoms. The van der Waals surface area contributed by atoms with E-state index in [9.17, 15) is 9.59 Å². The maximum Gasteiger partial charge on any atom is 0.230 e. The zero-order valence-electron chi connectivity index (χ0n) is 14.4. The molecule has 0 radical (unpaired) electrons. The van der Waals surface area contributed by atoms with Crippen molar-refractivity contribution >= 4 is 23.6 Å². The highest BCUT2D eigenvalue weighted by atomic mass is 32.2. The number of ether oxygens (including phenoxy) is 1. The smallest absolute Gasteiger partial charge is 0.230 e. The summed E-state index contributed by atoms with van der Waals surface area (Å²) in [5.74, 6) is 1.57. The molecule has 0 saturated carbocycles. The topological polar surface area (TPSA) is 49.9 Å². The van der Waals surface area contributed by atoms with Crippen molar-refractivity contribution in [3.05, 3.63) is 12.2 Å². The van der Waals surface area contributed by atoms with Crippen LogP contribution in [0.15, 0.2) is 12.2 Å². The summed E-state index contributed by atoms with van der Waals surface area (Å²) in [6, 6.07) is 0.246. The number of hydrogen-bond acceptors (Lipinski definition) is 4. The Bertz CT molecular complexity index is 571. The van der Waals surface area contributed by atoms with Crippen LogP contribution in [-0.2, 0) is 14.3 Å². The van der Waals surface area contributed by atoms with Gasteiger partial charge in [0.05, 0.1) is 24.5 Å². The average Bonchev–Trinajstić information content (AvgIpc) is 3.25. The Kier molecular flexibility index (Phi) is 4.15. The molecule has 132 valence electrons. The standard InChI is InChI=1S/C18H26N2O3S/c1-3-12(4-2)20-11-18-6-5-13(23-18)14(15(18)17(20)22)16(21)19-7-9-24-10-8-19/h5-6,12-15H,3-4,7-11H2,1-2H3/t13-,14+,15-,18-/m0/s1. The predicted octanol–water partition coefficient (Wildman–Crippen LogP) is 1.53. The van der Waals surface area contributed by atoms with Gasteiger partial charge in [-0.3, -0.25) is 9.59 Å². The molecule has 0 aromatic heterocycles. The van der Waals surface area contributed by atoms with E-state index in [0.717, 1.165) is 37.4 Å². The maximum absolute atomic E-state index is 13.2. The Balaban J connectivity index is 1.61. The molecule has 0 aliphatic carbocycles. The molecule has 24 heavy (non-hydrogen) atoms. The first kappa shape index (κ1) is 16.5. The van der Waals surface area contributed by atoms with Crippen molar-refractivity contribution in [1.82, 2.24) is 9.80 Å². The summed E-state index contributed by atoms with van der Waals surface area (Å²) in [5, 5.41) is 0. The van der Waals surface area contributed by atoms with Crippen LogP contribution in [0.25, 0.3) is 0 Å². The Labute approximate surface area is 147 Å². The van der Waals surface area contributed by atoms with Crippen LogP contribution in [0.3, 0.4) is 0 Å². The Morgan fingerprint density at radius 2 is 2.08 bits per heavy atom. The van der Waals surface area contributed by atoms with Gasteiger partial charge in [0, 0.05) is 30.6 Å². The van der Waals surface area contributed by atoms with E-state index < -0.39 is 5.60 Å². The third kappa shape index (κ3) is 2.25.